The minimum absolute atomic E-state index is 0.0686. The van der Waals surface area contributed by atoms with Crippen LogP contribution in [0.3, 0.4) is 0 Å². The molecule has 1 saturated carbocycles. The lowest BCUT2D eigenvalue weighted by Gasteiger charge is -2.43. The Hall–Kier alpha value is -3.60. The van der Waals surface area contributed by atoms with Crippen LogP contribution in [0.5, 0.6) is 0 Å². The van der Waals surface area contributed by atoms with Crippen molar-refractivity contribution in [1.29, 1.82) is 0 Å². The van der Waals surface area contributed by atoms with E-state index in [0.717, 1.165) is 74.2 Å². The molecule has 9 nitrogen and oxygen atoms in total. The largest absolute Gasteiger partial charge is 0.339 e. The number of pyridine rings is 1. The molecule has 1 saturated heterocycles. The molecule has 2 aromatic carbocycles. The van der Waals surface area contributed by atoms with Crippen LogP contribution in [-0.4, -0.2) is 88.8 Å². The Morgan fingerprint density at radius 2 is 1.60 bits per heavy atom. The van der Waals surface area contributed by atoms with E-state index in [-0.39, 0.29) is 17.9 Å². The van der Waals surface area contributed by atoms with Crippen molar-refractivity contribution in [3.05, 3.63) is 95.4 Å². The molecule has 10 heteroatoms. The fraction of sp³-hybridized carbons (Fsp3) is 0.457. The van der Waals surface area contributed by atoms with Crippen LogP contribution < -0.4 is 0 Å². The molecule has 238 valence electrons. The second kappa shape index (κ2) is 12.7. The minimum atomic E-state index is -3.58. The molecular weight excluding hydrogens is 584 g/mol. The Labute approximate surface area is 266 Å². The van der Waals surface area contributed by atoms with Crippen molar-refractivity contribution >= 4 is 21.6 Å². The van der Waals surface area contributed by atoms with Crippen LogP contribution in [0.1, 0.15) is 78.7 Å². The van der Waals surface area contributed by atoms with Crippen molar-refractivity contribution in [2.75, 3.05) is 34.2 Å². The van der Waals surface area contributed by atoms with Crippen molar-refractivity contribution in [2.24, 2.45) is 0 Å². The molecule has 3 heterocycles. The molecule has 4 aromatic rings. The summed E-state index contributed by atoms with van der Waals surface area (Å²) in [4.78, 5) is 22.6. The summed E-state index contributed by atoms with van der Waals surface area (Å²) in [6.45, 7) is 4.10. The molecule has 1 amide bonds. The lowest BCUT2D eigenvalue weighted by Crippen LogP contribution is -2.49. The number of hydrogen-bond acceptors (Lipinski definition) is 6. The quantitative estimate of drug-likeness (QED) is 0.266. The highest BCUT2D eigenvalue weighted by Gasteiger charge is 2.41. The van der Waals surface area contributed by atoms with Crippen LogP contribution in [0.4, 0.5) is 0 Å². The van der Waals surface area contributed by atoms with E-state index in [1.54, 1.807) is 35.6 Å². The second-order valence-corrected chi connectivity index (χ2v) is 15.1. The zero-order valence-corrected chi connectivity index (χ0v) is 27.6. The number of aromatic nitrogens is 3. The highest BCUT2D eigenvalue weighted by atomic mass is 32.2. The summed E-state index contributed by atoms with van der Waals surface area (Å²) in [5.41, 5.74) is 3.33. The van der Waals surface area contributed by atoms with Gasteiger partial charge in [-0.05, 0) is 107 Å². The summed E-state index contributed by atoms with van der Waals surface area (Å²) in [5.74, 6) is 1.08. The average molecular weight is 629 g/mol. The number of rotatable bonds is 8. The molecule has 1 aliphatic carbocycles. The number of hydrogen-bond donors (Lipinski definition) is 0. The van der Waals surface area contributed by atoms with E-state index in [0.29, 0.717) is 16.9 Å². The molecule has 0 N–H and O–H groups in total. The van der Waals surface area contributed by atoms with Crippen LogP contribution in [0, 0.1) is 0 Å². The Balaban J connectivity index is 1.12. The van der Waals surface area contributed by atoms with Crippen LogP contribution >= 0.6 is 0 Å². The summed E-state index contributed by atoms with van der Waals surface area (Å²) in [6, 6.07) is 21.0. The summed E-state index contributed by atoms with van der Waals surface area (Å²) in [6.07, 6.45) is 7.79. The van der Waals surface area contributed by atoms with Gasteiger partial charge < -0.3 is 9.80 Å². The van der Waals surface area contributed by atoms with Gasteiger partial charge in [0.05, 0.1) is 4.90 Å². The number of piperidine rings is 1. The van der Waals surface area contributed by atoms with E-state index < -0.39 is 15.6 Å². The zero-order valence-electron chi connectivity index (χ0n) is 26.8. The number of benzene rings is 2. The predicted molar refractivity (Wildman–Crippen MR) is 176 cm³/mol. The van der Waals surface area contributed by atoms with Crippen molar-refractivity contribution in [2.45, 2.75) is 74.3 Å². The summed E-state index contributed by atoms with van der Waals surface area (Å²) in [7, 11) is 2.19. The summed E-state index contributed by atoms with van der Waals surface area (Å²) in [5, 5.41) is 4.78. The van der Waals surface area contributed by atoms with Gasteiger partial charge in [-0.15, -0.1) is 0 Å². The van der Waals surface area contributed by atoms with Gasteiger partial charge in [0.1, 0.15) is 0 Å². The van der Waals surface area contributed by atoms with Crippen molar-refractivity contribution in [3.63, 3.8) is 0 Å². The first-order valence-corrected chi connectivity index (χ1v) is 17.4. The maximum atomic E-state index is 13.4. The van der Waals surface area contributed by atoms with Crippen LogP contribution in [-0.2, 0) is 16.4 Å². The Kier molecular flexibility index (Phi) is 8.83. The maximum Gasteiger partial charge on any atom is 0.253 e. The summed E-state index contributed by atoms with van der Waals surface area (Å²) >= 11 is 0. The van der Waals surface area contributed by atoms with E-state index in [1.807, 2.05) is 59.1 Å². The number of carbonyl (C=O) groups is 1. The van der Waals surface area contributed by atoms with Gasteiger partial charge in [0.2, 0.25) is 10.0 Å². The molecule has 45 heavy (non-hydrogen) atoms. The number of sulfonamides is 1. The first kappa shape index (κ1) is 31.4. The average Bonchev–Trinajstić information content (AvgIpc) is 3.48. The SMILES string of the molecule is CN1CCC(N(C)C(=O)c2ccc(Cc3nc4c(C5CCC(C)(N(C)S(=O)(=O)c6ccccc6)CC5)cccn4n3)cc2)CC1. The summed E-state index contributed by atoms with van der Waals surface area (Å²) < 4.78 is 30.2. The third kappa shape index (κ3) is 6.41. The van der Waals surface area contributed by atoms with Gasteiger partial charge in [0.25, 0.3) is 5.91 Å². The Bertz CT molecular complexity index is 1740. The van der Waals surface area contributed by atoms with E-state index >= 15 is 0 Å². The van der Waals surface area contributed by atoms with Crippen molar-refractivity contribution in [3.8, 4) is 0 Å². The van der Waals surface area contributed by atoms with Gasteiger partial charge in [0, 0.05) is 49.4 Å². The van der Waals surface area contributed by atoms with Gasteiger partial charge >= 0.3 is 0 Å². The normalized spacial score (nSPS) is 21.8. The first-order valence-electron chi connectivity index (χ1n) is 16.0. The molecule has 0 spiro atoms. The molecule has 2 aliphatic rings. The topological polar surface area (TPSA) is 91.1 Å². The fourth-order valence-electron chi connectivity index (χ4n) is 6.97. The van der Waals surface area contributed by atoms with Crippen LogP contribution in [0.25, 0.3) is 5.65 Å². The molecule has 0 bridgehead atoms. The van der Waals surface area contributed by atoms with E-state index in [2.05, 4.69) is 24.9 Å². The van der Waals surface area contributed by atoms with E-state index in [9.17, 15) is 13.2 Å². The maximum absolute atomic E-state index is 13.4. The first-order chi connectivity index (χ1) is 21.5. The van der Waals surface area contributed by atoms with Crippen LogP contribution in [0.2, 0.25) is 0 Å². The molecule has 0 unspecified atom stereocenters. The number of likely N-dealkylation sites (tertiary alicyclic amines) is 1. The number of fused-ring (bicyclic) bond motifs is 1. The lowest BCUT2D eigenvalue weighted by atomic mass is 9.75. The van der Waals surface area contributed by atoms with Crippen molar-refractivity contribution < 1.29 is 13.2 Å². The molecule has 1 aliphatic heterocycles. The molecule has 0 atom stereocenters. The molecular formula is C35H44N6O3S. The van der Waals surface area contributed by atoms with E-state index in [1.165, 1.54) is 0 Å². The molecule has 2 aromatic heterocycles. The smallest absolute Gasteiger partial charge is 0.253 e. The van der Waals surface area contributed by atoms with Crippen molar-refractivity contribution in [1.82, 2.24) is 28.7 Å². The minimum Gasteiger partial charge on any atom is -0.339 e. The van der Waals surface area contributed by atoms with Gasteiger partial charge in [-0.1, -0.05) is 36.4 Å². The van der Waals surface area contributed by atoms with Gasteiger partial charge in [-0.3, -0.25) is 4.79 Å². The molecule has 0 radical (unpaired) electrons. The van der Waals surface area contributed by atoms with E-state index in [4.69, 9.17) is 10.1 Å². The predicted octanol–water partition coefficient (Wildman–Crippen LogP) is 5.22. The third-order valence-corrected chi connectivity index (χ3v) is 12.2. The Morgan fingerprint density at radius 3 is 2.27 bits per heavy atom. The second-order valence-electron chi connectivity index (χ2n) is 13.1. The highest BCUT2D eigenvalue weighted by molar-refractivity contribution is 7.89. The highest BCUT2D eigenvalue weighted by Crippen LogP contribution is 2.43. The monoisotopic (exact) mass is 628 g/mol. The number of carbonyl (C=O) groups excluding carboxylic acids is 1. The zero-order chi connectivity index (χ0) is 31.8. The molecule has 2 fully saturated rings. The molecule has 6 rings (SSSR count). The Morgan fingerprint density at radius 1 is 0.933 bits per heavy atom. The van der Waals surface area contributed by atoms with Crippen LogP contribution in [0.15, 0.2) is 77.8 Å². The standard InChI is InChI=1S/C35H44N6O3S/c1-35(40(4)45(43,44)30-9-6-5-7-10-30)20-16-27(17-21-35)31-11-8-22-41-33(31)36-32(37-41)25-26-12-14-28(15-13-26)34(42)39(3)29-18-23-38(2)24-19-29/h5-15,22,27,29H,16-21,23-25H2,1-4H3. The lowest BCUT2D eigenvalue weighted by molar-refractivity contribution is 0.0659. The van der Waals surface area contributed by atoms with Gasteiger partial charge in [0.15, 0.2) is 11.5 Å². The number of amides is 1. The third-order valence-electron chi connectivity index (χ3n) is 10.2. The fourth-order valence-corrected chi connectivity index (χ4v) is 8.55. The van der Waals surface area contributed by atoms with Gasteiger partial charge in [-0.25, -0.2) is 17.9 Å². The van der Waals surface area contributed by atoms with Gasteiger partial charge in [-0.2, -0.15) is 9.40 Å². The number of nitrogens with zero attached hydrogens (tertiary/aromatic N) is 6.